The molecule has 0 saturated carbocycles. The van der Waals surface area contributed by atoms with Crippen LogP contribution in [-0.4, -0.2) is 48.3 Å². The van der Waals surface area contributed by atoms with Crippen molar-refractivity contribution in [2.24, 2.45) is 5.10 Å². The number of carbonyl (C=O) groups excluding carboxylic acids is 1. The van der Waals surface area contributed by atoms with Crippen LogP contribution in [0.3, 0.4) is 0 Å². The molecule has 0 aromatic heterocycles. The largest absolute Gasteiger partial charge is 0.497 e. The van der Waals surface area contributed by atoms with Crippen LogP contribution in [-0.2, 0) is 4.79 Å². The number of nitrogens with zero attached hydrogens (tertiary/aromatic N) is 3. The average Bonchev–Trinajstić information content (AvgIpc) is 3.20. The number of hydrogen-bond acceptors (Lipinski definition) is 4. The van der Waals surface area contributed by atoms with Crippen molar-refractivity contribution in [3.05, 3.63) is 65.2 Å². The zero-order valence-electron chi connectivity index (χ0n) is 17.3. The van der Waals surface area contributed by atoms with Crippen LogP contribution in [0.4, 0.5) is 0 Å². The summed E-state index contributed by atoms with van der Waals surface area (Å²) in [5.41, 5.74) is 4.33. The Kier molecular flexibility index (Phi) is 5.95. The predicted molar refractivity (Wildman–Crippen MR) is 115 cm³/mol. The molecule has 5 heteroatoms. The summed E-state index contributed by atoms with van der Waals surface area (Å²) in [4.78, 5) is 15.5. The maximum atomic E-state index is 13.2. The minimum Gasteiger partial charge on any atom is -0.497 e. The zero-order chi connectivity index (χ0) is 20.2. The molecule has 5 nitrogen and oxygen atoms in total. The normalized spacial score (nSPS) is 19.9. The molecule has 2 aromatic carbocycles. The second-order valence-corrected chi connectivity index (χ2v) is 7.98. The molecule has 0 bridgehead atoms. The van der Waals surface area contributed by atoms with Gasteiger partial charge in [-0.3, -0.25) is 9.69 Å². The molecule has 4 rings (SSSR count). The van der Waals surface area contributed by atoms with Crippen molar-refractivity contribution in [2.75, 3.05) is 26.7 Å². The first-order valence-electron chi connectivity index (χ1n) is 10.5. The number of carbonyl (C=O) groups is 1. The van der Waals surface area contributed by atoms with Crippen LogP contribution in [0.15, 0.2) is 53.6 Å². The summed E-state index contributed by atoms with van der Waals surface area (Å²) in [6.45, 7) is 4.54. The standard InChI is InChI=1S/C24H29N3O2/c1-18-7-6-8-20(15-18)23-16-22(19-9-11-21(29-2)12-10-19)25-27(23)24(28)17-26-13-4-3-5-14-26/h6-12,15,23H,3-5,13-14,16-17H2,1-2H3/t23-/m0/s1. The van der Waals surface area contributed by atoms with Crippen molar-refractivity contribution < 1.29 is 9.53 Å². The molecule has 2 aliphatic rings. The van der Waals surface area contributed by atoms with Gasteiger partial charge < -0.3 is 4.74 Å². The highest BCUT2D eigenvalue weighted by Crippen LogP contribution is 2.33. The Balaban J connectivity index is 1.60. The second-order valence-electron chi connectivity index (χ2n) is 7.98. The summed E-state index contributed by atoms with van der Waals surface area (Å²) in [7, 11) is 1.66. The van der Waals surface area contributed by atoms with Crippen molar-refractivity contribution in [3.8, 4) is 5.75 Å². The van der Waals surface area contributed by atoms with Gasteiger partial charge in [-0.2, -0.15) is 5.10 Å². The van der Waals surface area contributed by atoms with E-state index in [2.05, 4.69) is 36.1 Å². The molecule has 1 saturated heterocycles. The summed E-state index contributed by atoms with van der Waals surface area (Å²) in [6.07, 6.45) is 4.34. The number of aryl methyl sites for hydroxylation is 1. The molecule has 29 heavy (non-hydrogen) atoms. The molecule has 0 spiro atoms. The third-order valence-electron chi connectivity index (χ3n) is 5.82. The van der Waals surface area contributed by atoms with Crippen LogP contribution in [0.2, 0.25) is 0 Å². The molecule has 2 aliphatic heterocycles. The molecule has 1 amide bonds. The zero-order valence-corrected chi connectivity index (χ0v) is 17.3. The topological polar surface area (TPSA) is 45.1 Å². The van der Waals surface area contributed by atoms with Gasteiger partial charge >= 0.3 is 0 Å². The van der Waals surface area contributed by atoms with Crippen molar-refractivity contribution in [1.82, 2.24) is 9.91 Å². The Morgan fingerprint density at radius 2 is 1.86 bits per heavy atom. The number of benzene rings is 2. The summed E-state index contributed by atoms with van der Waals surface area (Å²) in [6, 6.07) is 16.3. The van der Waals surface area contributed by atoms with Crippen LogP contribution in [0.1, 0.15) is 48.4 Å². The van der Waals surface area contributed by atoms with Gasteiger partial charge in [0.25, 0.3) is 5.91 Å². The molecular formula is C24H29N3O2. The van der Waals surface area contributed by atoms with Crippen molar-refractivity contribution in [2.45, 2.75) is 38.6 Å². The summed E-state index contributed by atoms with van der Waals surface area (Å²) >= 11 is 0. The molecule has 1 atom stereocenters. The van der Waals surface area contributed by atoms with E-state index in [-0.39, 0.29) is 11.9 Å². The lowest BCUT2D eigenvalue weighted by Gasteiger charge is -2.29. The minimum absolute atomic E-state index is 0.0516. The van der Waals surface area contributed by atoms with E-state index in [1.807, 2.05) is 24.3 Å². The lowest BCUT2D eigenvalue weighted by Crippen LogP contribution is -2.40. The maximum Gasteiger partial charge on any atom is 0.257 e. The highest BCUT2D eigenvalue weighted by Gasteiger charge is 2.33. The quantitative estimate of drug-likeness (QED) is 0.769. The minimum atomic E-state index is -0.0516. The van der Waals surface area contributed by atoms with E-state index in [1.54, 1.807) is 12.1 Å². The lowest BCUT2D eigenvalue weighted by molar-refractivity contribution is -0.134. The maximum absolute atomic E-state index is 13.2. The fraction of sp³-hybridized carbons (Fsp3) is 0.417. The Hall–Kier alpha value is -2.66. The molecule has 152 valence electrons. The molecule has 0 unspecified atom stereocenters. The number of likely N-dealkylation sites (tertiary alicyclic amines) is 1. The SMILES string of the molecule is COc1ccc(C2=NN(C(=O)CN3CCCCC3)[C@H](c3cccc(C)c3)C2)cc1. The van der Waals surface area contributed by atoms with E-state index < -0.39 is 0 Å². The molecular weight excluding hydrogens is 362 g/mol. The summed E-state index contributed by atoms with van der Waals surface area (Å²) < 4.78 is 5.27. The number of rotatable bonds is 5. The van der Waals surface area contributed by atoms with E-state index in [0.29, 0.717) is 6.54 Å². The van der Waals surface area contributed by atoms with E-state index in [1.165, 1.54) is 24.8 Å². The van der Waals surface area contributed by atoms with Gasteiger partial charge in [-0.15, -0.1) is 0 Å². The third kappa shape index (κ3) is 4.51. The van der Waals surface area contributed by atoms with E-state index in [0.717, 1.165) is 42.1 Å². The van der Waals surface area contributed by atoms with Gasteiger partial charge in [0, 0.05) is 6.42 Å². The molecule has 0 N–H and O–H groups in total. The van der Waals surface area contributed by atoms with Gasteiger partial charge in [-0.25, -0.2) is 5.01 Å². The second kappa shape index (κ2) is 8.78. The average molecular weight is 392 g/mol. The number of methoxy groups -OCH3 is 1. The number of hydrazone groups is 1. The van der Waals surface area contributed by atoms with Gasteiger partial charge in [-0.1, -0.05) is 36.2 Å². The molecule has 1 fully saturated rings. The van der Waals surface area contributed by atoms with Crippen molar-refractivity contribution in [1.29, 1.82) is 0 Å². The first-order chi connectivity index (χ1) is 14.1. The fourth-order valence-corrected chi connectivity index (χ4v) is 4.22. The smallest absolute Gasteiger partial charge is 0.257 e. The molecule has 2 aromatic rings. The number of piperidine rings is 1. The first-order valence-corrected chi connectivity index (χ1v) is 10.5. The van der Waals surface area contributed by atoms with Gasteiger partial charge in [0.2, 0.25) is 0 Å². The molecule has 0 aliphatic carbocycles. The Morgan fingerprint density at radius 3 is 2.55 bits per heavy atom. The molecule has 2 heterocycles. The summed E-state index contributed by atoms with van der Waals surface area (Å²) in [5, 5.41) is 6.52. The molecule has 0 radical (unpaired) electrons. The van der Waals surface area contributed by atoms with E-state index in [4.69, 9.17) is 9.84 Å². The van der Waals surface area contributed by atoms with Crippen LogP contribution in [0.25, 0.3) is 0 Å². The van der Waals surface area contributed by atoms with E-state index in [9.17, 15) is 4.79 Å². The Labute approximate surface area is 173 Å². The highest BCUT2D eigenvalue weighted by atomic mass is 16.5. The number of amides is 1. The monoisotopic (exact) mass is 391 g/mol. The van der Waals surface area contributed by atoms with Gasteiger partial charge in [-0.05, 0) is 68.2 Å². The van der Waals surface area contributed by atoms with Crippen molar-refractivity contribution >= 4 is 11.6 Å². The predicted octanol–water partition coefficient (Wildman–Crippen LogP) is 4.17. The van der Waals surface area contributed by atoms with Crippen LogP contribution in [0, 0.1) is 6.92 Å². The summed E-state index contributed by atoms with van der Waals surface area (Å²) in [5.74, 6) is 0.905. The van der Waals surface area contributed by atoms with Crippen LogP contribution >= 0.6 is 0 Å². The van der Waals surface area contributed by atoms with Crippen LogP contribution in [0.5, 0.6) is 5.75 Å². The van der Waals surface area contributed by atoms with Gasteiger partial charge in [0.15, 0.2) is 0 Å². The Bertz CT molecular complexity index is 885. The highest BCUT2D eigenvalue weighted by molar-refractivity contribution is 6.03. The van der Waals surface area contributed by atoms with E-state index >= 15 is 0 Å². The van der Waals surface area contributed by atoms with Crippen LogP contribution < -0.4 is 4.74 Å². The Morgan fingerprint density at radius 1 is 1.10 bits per heavy atom. The van der Waals surface area contributed by atoms with Gasteiger partial charge in [0.1, 0.15) is 5.75 Å². The lowest BCUT2D eigenvalue weighted by atomic mass is 9.97. The number of ether oxygens (including phenoxy) is 1. The fourth-order valence-electron chi connectivity index (χ4n) is 4.22. The number of hydrogen-bond donors (Lipinski definition) is 0. The third-order valence-corrected chi connectivity index (χ3v) is 5.82. The first kappa shape index (κ1) is 19.6. The van der Waals surface area contributed by atoms with Crippen molar-refractivity contribution in [3.63, 3.8) is 0 Å². The van der Waals surface area contributed by atoms with Gasteiger partial charge in [0.05, 0.1) is 25.4 Å².